The van der Waals surface area contributed by atoms with Gasteiger partial charge in [-0.05, 0) is 12.8 Å². The van der Waals surface area contributed by atoms with Gasteiger partial charge in [-0.25, -0.2) is 8.78 Å². The fourth-order valence-electron chi connectivity index (χ4n) is 4.11. The summed E-state index contributed by atoms with van der Waals surface area (Å²) in [5, 5.41) is 0. The maximum Gasteiger partial charge on any atom is 0.378 e. The predicted octanol–water partition coefficient (Wildman–Crippen LogP) is 6.15. The molecule has 166 valence electrons. The summed E-state index contributed by atoms with van der Waals surface area (Å²) in [5.41, 5.74) is -10.6. The molecular weight excluding hydrogens is 434 g/mol. The zero-order chi connectivity index (χ0) is 22.7. The number of alkyl halides is 14. The van der Waals surface area contributed by atoms with Crippen LogP contribution in [0.5, 0.6) is 0 Å². The van der Waals surface area contributed by atoms with Crippen LogP contribution >= 0.6 is 0 Å². The van der Waals surface area contributed by atoms with Crippen molar-refractivity contribution in [2.24, 2.45) is 17.8 Å². The van der Waals surface area contributed by atoms with Crippen LogP contribution in [0.4, 0.5) is 61.5 Å². The summed E-state index contributed by atoms with van der Waals surface area (Å²) in [6.07, 6.45) is 0. The van der Waals surface area contributed by atoms with Gasteiger partial charge >= 0.3 is 35.5 Å². The topological polar surface area (TPSA) is 0 Å². The largest absolute Gasteiger partial charge is 0.378 e. The van der Waals surface area contributed by atoms with E-state index in [2.05, 4.69) is 0 Å². The molecule has 0 spiro atoms. The molecule has 0 N–H and O–H groups in total. The standard InChI is InChI=1S/C14H12F14/c1-4(2)8(16)5-6(10(19,20)12(23,24)7(8,3)15)11(21,22)14(27,28)13(25,26)9(5,17)18/h4-6H,1-3H3. The third-order valence-corrected chi connectivity index (χ3v) is 5.76. The van der Waals surface area contributed by atoms with Gasteiger partial charge in [-0.2, -0.15) is 52.7 Å². The van der Waals surface area contributed by atoms with Crippen LogP contribution in [-0.4, -0.2) is 46.9 Å². The molecule has 0 nitrogen and oxygen atoms in total. The van der Waals surface area contributed by atoms with E-state index in [1.165, 1.54) is 0 Å². The minimum atomic E-state index is -7.27. The number of hydrogen-bond donors (Lipinski definition) is 0. The molecule has 2 saturated carbocycles. The maximum absolute atomic E-state index is 15.3. The number of halogens is 14. The second kappa shape index (κ2) is 5.19. The lowest BCUT2D eigenvalue weighted by molar-refractivity contribution is -0.491. The monoisotopic (exact) mass is 446 g/mol. The fourth-order valence-corrected chi connectivity index (χ4v) is 4.11. The Labute approximate surface area is 148 Å². The summed E-state index contributed by atoms with van der Waals surface area (Å²) < 4.78 is 197. The van der Waals surface area contributed by atoms with Crippen LogP contribution in [0, 0.1) is 17.8 Å². The molecule has 0 radical (unpaired) electrons. The van der Waals surface area contributed by atoms with Gasteiger partial charge in [0.1, 0.15) is 5.92 Å². The van der Waals surface area contributed by atoms with E-state index in [1.807, 2.05) is 0 Å². The van der Waals surface area contributed by atoms with Gasteiger partial charge in [-0.15, -0.1) is 0 Å². The second-order valence-corrected chi connectivity index (χ2v) is 7.47. The third kappa shape index (κ3) is 1.91. The van der Waals surface area contributed by atoms with Crippen molar-refractivity contribution >= 4 is 0 Å². The van der Waals surface area contributed by atoms with Crippen LogP contribution < -0.4 is 0 Å². The molecule has 0 aromatic rings. The van der Waals surface area contributed by atoms with E-state index in [0.29, 0.717) is 13.8 Å². The molecular formula is C14H12F14. The molecule has 2 rings (SSSR count). The van der Waals surface area contributed by atoms with Crippen LogP contribution in [0.2, 0.25) is 0 Å². The summed E-state index contributed by atoms with van der Waals surface area (Å²) in [5.74, 6) is -54.2. The quantitative estimate of drug-likeness (QED) is 0.424. The molecule has 0 aromatic carbocycles. The molecule has 4 atom stereocenters. The number of hydrogen-bond acceptors (Lipinski definition) is 0. The van der Waals surface area contributed by atoms with E-state index in [9.17, 15) is 57.1 Å². The van der Waals surface area contributed by atoms with Crippen LogP contribution in [-0.2, 0) is 0 Å². The first-order chi connectivity index (χ1) is 11.9. The van der Waals surface area contributed by atoms with Crippen molar-refractivity contribution in [2.75, 3.05) is 0 Å². The molecule has 0 aliphatic heterocycles. The van der Waals surface area contributed by atoms with Crippen molar-refractivity contribution in [3.8, 4) is 0 Å². The average molecular weight is 446 g/mol. The Balaban J connectivity index is 3.07. The van der Waals surface area contributed by atoms with E-state index < -0.39 is 71.6 Å². The molecule has 2 aliphatic carbocycles. The van der Waals surface area contributed by atoms with Crippen molar-refractivity contribution in [1.29, 1.82) is 0 Å². The minimum Gasteiger partial charge on any atom is -0.239 e. The number of fused-ring (bicyclic) bond motifs is 1. The predicted molar refractivity (Wildman–Crippen MR) is 64.9 cm³/mol. The zero-order valence-corrected chi connectivity index (χ0v) is 14.0. The average Bonchev–Trinajstić information content (AvgIpc) is 2.47. The first-order valence-electron chi connectivity index (χ1n) is 7.58. The third-order valence-electron chi connectivity index (χ3n) is 5.76. The first kappa shape index (κ1) is 23.3. The Kier molecular flexibility index (Phi) is 4.32. The molecule has 28 heavy (non-hydrogen) atoms. The Morgan fingerprint density at radius 3 is 1.11 bits per heavy atom. The first-order valence-corrected chi connectivity index (χ1v) is 7.58. The lowest BCUT2D eigenvalue weighted by atomic mass is 9.49. The van der Waals surface area contributed by atoms with E-state index in [-0.39, 0.29) is 0 Å². The highest BCUT2D eigenvalue weighted by Gasteiger charge is 3.00. The van der Waals surface area contributed by atoms with E-state index in [0.717, 1.165) is 0 Å². The van der Waals surface area contributed by atoms with Gasteiger partial charge in [0, 0.05) is 0 Å². The summed E-state index contributed by atoms with van der Waals surface area (Å²) in [6.45, 7) is -0.0860. The number of rotatable bonds is 1. The van der Waals surface area contributed by atoms with Gasteiger partial charge in [0.25, 0.3) is 0 Å². The van der Waals surface area contributed by atoms with Crippen molar-refractivity contribution in [3.05, 3.63) is 0 Å². The highest BCUT2D eigenvalue weighted by atomic mass is 19.4. The van der Waals surface area contributed by atoms with E-state index in [1.54, 1.807) is 0 Å². The van der Waals surface area contributed by atoms with Crippen LogP contribution in [0.15, 0.2) is 0 Å². The maximum atomic E-state index is 15.3. The zero-order valence-electron chi connectivity index (χ0n) is 14.0. The molecule has 2 aliphatic rings. The Hall–Kier alpha value is -0.980. The Morgan fingerprint density at radius 1 is 0.500 bits per heavy atom. The summed E-state index contributed by atoms with van der Waals surface area (Å²) in [7, 11) is 0. The molecule has 0 aromatic heterocycles. The lowest BCUT2D eigenvalue weighted by Gasteiger charge is -2.63. The fraction of sp³-hybridized carbons (Fsp3) is 1.00. The van der Waals surface area contributed by atoms with E-state index >= 15 is 4.39 Å². The molecule has 0 saturated heterocycles. The summed E-state index contributed by atoms with van der Waals surface area (Å²) >= 11 is 0. The molecule has 14 heteroatoms. The van der Waals surface area contributed by atoms with Gasteiger partial charge in [-0.1, -0.05) is 13.8 Å². The van der Waals surface area contributed by atoms with Gasteiger partial charge in [0.05, 0.1) is 5.92 Å². The van der Waals surface area contributed by atoms with Crippen LogP contribution in [0.1, 0.15) is 20.8 Å². The van der Waals surface area contributed by atoms with Gasteiger partial charge in [-0.3, -0.25) is 0 Å². The Bertz CT molecular complexity index is 655. The van der Waals surface area contributed by atoms with Gasteiger partial charge in [0.15, 0.2) is 5.67 Å². The molecule has 0 bridgehead atoms. The minimum absolute atomic E-state index is 0.299. The molecule has 4 unspecified atom stereocenters. The van der Waals surface area contributed by atoms with Crippen LogP contribution in [0.3, 0.4) is 0 Å². The summed E-state index contributed by atoms with van der Waals surface area (Å²) in [4.78, 5) is 0. The highest BCUT2D eigenvalue weighted by Crippen LogP contribution is 2.76. The van der Waals surface area contributed by atoms with Gasteiger partial charge < -0.3 is 0 Å². The smallest absolute Gasteiger partial charge is 0.239 e. The lowest BCUT2D eigenvalue weighted by Crippen LogP contribution is -2.87. The van der Waals surface area contributed by atoms with Crippen molar-refractivity contribution in [2.45, 2.75) is 67.6 Å². The molecule has 0 heterocycles. The van der Waals surface area contributed by atoms with E-state index in [4.69, 9.17) is 0 Å². The molecule has 0 amide bonds. The highest BCUT2D eigenvalue weighted by molar-refractivity contribution is 5.31. The summed E-state index contributed by atoms with van der Waals surface area (Å²) in [6, 6.07) is 0. The normalized spacial score (nSPS) is 44.8. The second-order valence-electron chi connectivity index (χ2n) is 7.47. The van der Waals surface area contributed by atoms with Crippen molar-refractivity contribution in [3.63, 3.8) is 0 Å². The van der Waals surface area contributed by atoms with Crippen molar-refractivity contribution < 1.29 is 61.5 Å². The van der Waals surface area contributed by atoms with Crippen LogP contribution in [0.25, 0.3) is 0 Å². The molecule has 2 fully saturated rings. The Morgan fingerprint density at radius 2 is 0.786 bits per heavy atom. The van der Waals surface area contributed by atoms with Gasteiger partial charge in [0.2, 0.25) is 5.67 Å². The SMILES string of the molecule is CC(C)C1(F)C2C(C(F)(F)C(F)(F)C1(C)F)C(F)(F)C(F)(F)C(F)(F)C2(F)F. The van der Waals surface area contributed by atoms with Crippen molar-refractivity contribution in [1.82, 2.24) is 0 Å².